The van der Waals surface area contributed by atoms with E-state index in [1.54, 1.807) is 0 Å². The quantitative estimate of drug-likeness (QED) is 0.637. The molecule has 1 amide bonds. The maximum atomic E-state index is 11.7. The Hall–Kier alpha value is -1.01. The Labute approximate surface area is 86.4 Å². The van der Waals surface area contributed by atoms with Crippen molar-refractivity contribution in [3.8, 4) is 12.3 Å². The molecule has 0 heterocycles. The number of carbonyl (C=O) groups excluding carboxylic acids is 1. The van der Waals surface area contributed by atoms with Crippen molar-refractivity contribution in [2.45, 2.75) is 33.2 Å². The highest BCUT2D eigenvalue weighted by molar-refractivity contribution is 5.79. The molecule has 0 aromatic rings. The highest BCUT2D eigenvalue weighted by Gasteiger charge is 2.21. The Morgan fingerprint density at radius 2 is 2.14 bits per heavy atom. The number of hydrogen-bond acceptors (Lipinski definition) is 2. The van der Waals surface area contributed by atoms with Gasteiger partial charge in [0, 0.05) is 6.54 Å². The minimum Gasteiger partial charge on any atom is -0.342 e. The van der Waals surface area contributed by atoms with E-state index in [4.69, 9.17) is 12.2 Å². The van der Waals surface area contributed by atoms with Crippen molar-refractivity contribution in [3.05, 3.63) is 0 Å². The molecule has 0 spiro atoms. The Bertz CT molecular complexity index is 218. The molecule has 0 rings (SSSR count). The van der Waals surface area contributed by atoms with Crippen molar-refractivity contribution in [1.29, 1.82) is 0 Å². The lowest BCUT2D eigenvalue weighted by Crippen LogP contribution is -2.42. The lowest BCUT2D eigenvalue weighted by atomic mass is 9.95. The van der Waals surface area contributed by atoms with Crippen LogP contribution in [0, 0.1) is 24.2 Å². The fourth-order valence-corrected chi connectivity index (χ4v) is 1.22. The smallest absolute Gasteiger partial charge is 0.225 e. The van der Waals surface area contributed by atoms with E-state index < -0.39 is 0 Å². The number of amides is 1. The molecule has 2 unspecified atom stereocenters. The lowest BCUT2D eigenvalue weighted by molar-refractivity contribution is -0.126. The monoisotopic (exact) mass is 196 g/mol. The second kappa shape index (κ2) is 6.44. The SMILES string of the molecule is C#CC(CC)NC(=O)C(CN)C(C)C. The highest BCUT2D eigenvalue weighted by atomic mass is 16.1. The third-order valence-corrected chi connectivity index (χ3v) is 2.32. The molecule has 80 valence electrons. The molecule has 14 heavy (non-hydrogen) atoms. The van der Waals surface area contributed by atoms with Crippen LogP contribution in [0.5, 0.6) is 0 Å². The third-order valence-electron chi connectivity index (χ3n) is 2.32. The zero-order chi connectivity index (χ0) is 11.1. The second-order valence-electron chi connectivity index (χ2n) is 3.72. The molecule has 0 fully saturated rings. The first-order chi connectivity index (χ1) is 6.56. The highest BCUT2D eigenvalue weighted by Crippen LogP contribution is 2.09. The van der Waals surface area contributed by atoms with Gasteiger partial charge in [-0.15, -0.1) is 6.42 Å². The number of hydrogen-bond donors (Lipinski definition) is 2. The third kappa shape index (κ3) is 3.80. The van der Waals surface area contributed by atoms with Crippen LogP contribution in [-0.4, -0.2) is 18.5 Å². The molecule has 0 saturated carbocycles. The van der Waals surface area contributed by atoms with Gasteiger partial charge < -0.3 is 11.1 Å². The molecule has 0 aliphatic rings. The van der Waals surface area contributed by atoms with Crippen molar-refractivity contribution in [1.82, 2.24) is 5.32 Å². The molecule has 0 aliphatic heterocycles. The van der Waals surface area contributed by atoms with Gasteiger partial charge in [-0.25, -0.2) is 0 Å². The number of nitrogens with two attached hydrogens (primary N) is 1. The van der Waals surface area contributed by atoms with Crippen LogP contribution in [0.25, 0.3) is 0 Å². The largest absolute Gasteiger partial charge is 0.342 e. The predicted molar refractivity (Wildman–Crippen MR) is 58.4 cm³/mol. The molecule has 3 N–H and O–H groups in total. The second-order valence-corrected chi connectivity index (χ2v) is 3.72. The molecule has 0 saturated heterocycles. The van der Waals surface area contributed by atoms with Crippen LogP contribution in [-0.2, 0) is 4.79 Å². The summed E-state index contributed by atoms with van der Waals surface area (Å²) >= 11 is 0. The number of nitrogens with one attached hydrogen (secondary N) is 1. The van der Waals surface area contributed by atoms with Crippen molar-refractivity contribution >= 4 is 5.91 Å². The first-order valence-corrected chi connectivity index (χ1v) is 5.03. The summed E-state index contributed by atoms with van der Waals surface area (Å²) in [6.07, 6.45) is 6.00. The molecule has 0 aliphatic carbocycles. The summed E-state index contributed by atoms with van der Waals surface area (Å²) < 4.78 is 0. The van der Waals surface area contributed by atoms with Gasteiger partial charge in [-0.1, -0.05) is 26.7 Å². The van der Waals surface area contributed by atoms with E-state index in [9.17, 15) is 4.79 Å². The van der Waals surface area contributed by atoms with Gasteiger partial charge in [0.1, 0.15) is 0 Å². The van der Waals surface area contributed by atoms with E-state index in [-0.39, 0.29) is 23.8 Å². The Kier molecular flexibility index (Phi) is 5.98. The van der Waals surface area contributed by atoms with Crippen molar-refractivity contribution < 1.29 is 4.79 Å². The van der Waals surface area contributed by atoms with E-state index in [2.05, 4.69) is 11.2 Å². The van der Waals surface area contributed by atoms with Crippen LogP contribution in [0.2, 0.25) is 0 Å². The van der Waals surface area contributed by atoms with Crippen molar-refractivity contribution in [2.75, 3.05) is 6.54 Å². The fraction of sp³-hybridized carbons (Fsp3) is 0.727. The topological polar surface area (TPSA) is 55.1 Å². The molecule has 0 aromatic heterocycles. The summed E-state index contributed by atoms with van der Waals surface area (Å²) in [6, 6.07) is -0.171. The van der Waals surface area contributed by atoms with Crippen LogP contribution in [0.3, 0.4) is 0 Å². The fourth-order valence-electron chi connectivity index (χ4n) is 1.22. The molecule has 2 atom stereocenters. The van der Waals surface area contributed by atoms with E-state index in [1.807, 2.05) is 20.8 Å². The Balaban J connectivity index is 4.25. The minimum atomic E-state index is -0.171. The predicted octanol–water partition coefficient (Wildman–Crippen LogP) is 0.745. The summed E-state index contributed by atoms with van der Waals surface area (Å²) in [6.45, 7) is 6.27. The minimum absolute atomic E-state index is 0.0349. The summed E-state index contributed by atoms with van der Waals surface area (Å²) in [7, 11) is 0. The van der Waals surface area contributed by atoms with Crippen LogP contribution in [0.15, 0.2) is 0 Å². The van der Waals surface area contributed by atoms with Crippen LogP contribution in [0.1, 0.15) is 27.2 Å². The van der Waals surface area contributed by atoms with Gasteiger partial charge >= 0.3 is 0 Å². The van der Waals surface area contributed by atoms with Crippen molar-refractivity contribution in [2.24, 2.45) is 17.6 Å². The van der Waals surface area contributed by atoms with Gasteiger partial charge in [-0.2, -0.15) is 0 Å². The standard InChI is InChI=1S/C11H20N2O/c1-5-9(6-2)13-11(14)10(7-12)8(3)4/h1,8-10H,6-7,12H2,2-4H3,(H,13,14). The number of rotatable bonds is 5. The van der Waals surface area contributed by atoms with Crippen LogP contribution < -0.4 is 11.1 Å². The lowest BCUT2D eigenvalue weighted by Gasteiger charge is -2.20. The van der Waals surface area contributed by atoms with Crippen molar-refractivity contribution in [3.63, 3.8) is 0 Å². The van der Waals surface area contributed by atoms with Crippen LogP contribution >= 0.6 is 0 Å². The summed E-state index contributed by atoms with van der Waals surface area (Å²) in [5, 5.41) is 2.79. The summed E-state index contributed by atoms with van der Waals surface area (Å²) in [4.78, 5) is 11.7. The van der Waals surface area contributed by atoms with Gasteiger partial charge in [-0.05, 0) is 12.3 Å². The Morgan fingerprint density at radius 3 is 2.43 bits per heavy atom. The molecular weight excluding hydrogens is 176 g/mol. The zero-order valence-electron chi connectivity index (χ0n) is 9.21. The molecular formula is C11H20N2O. The summed E-state index contributed by atoms with van der Waals surface area (Å²) in [5.74, 6) is 2.60. The normalized spacial score (nSPS) is 14.6. The molecule has 0 bridgehead atoms. The van der Waals surface area contributed by atoms with E-state index >= 15 is 0 Å². The van der Waals surface area contributed by atoms with Gasteiger partial charge in [0.05, 0.1) is 12.0 Å². The Morgan fingerprint density at radius 1 is 1.57 bits per heavy atom. The molecule has 0 radical (unpaired) electrons. The average molecular weight is 196 g/mol. The van der Waals surface area contributed by atoms with Gasteiger partial charge in [0.15, 0.2) is 0 Å². The first-order valence-electron chi connectivity index (χ1n) is 5.03. The average Bonchev–Trinajstić information content (AvgIpc) is 2.14. The van der Waals surface area contributed by atoms with Gasteiger partial charge in [0.2, 0.25) is 5.91 Å². The van der Waals surface area contributed by atoms with E-state index in [0.717, 1.165) is 6.42 Å². The summed E-state index contributed by atoms with van der Waals surface area (Å²) in [5.41, 5.74) is 5.52. The number of carbonyl (C=O) groups is 1. The van der Waals surface area contributed by atoms with E-state index in [0.29, 0.717) is 6.54 Å². The molecule has 3 heteroatoms. The molecule has 3 nitrogen and oxygen atoms in total. The van der Waals surface area contributed by atoms with Gasteiger partial charge in [-0.3, -0.25) is 4.79 Å². The maximum Gasteiger partial charge on any atom is 0.225 e. The van der Waals surface area contributed by atoms with E-state index in [1.165, 1.54) is 0 Å². The van der Waals surface area contributed by atoms with Gasteiger partial charge in [0.25, 0.3) is 0 Å². The maximum absolute atomic E-state index is 11.7. The molecule has 0 aromatic carbocycles. The van der Waals surface area contributed by atoms with Crippen LogP contribution in [0.4, 0.5) is 0 Å². The number of terminal acetylenes is 1. The first kappa shape index (κ1) is 13.0. The zero-order valence-corrected chi connectivity index (χ0v) is 9.21.